The highest BCUT2D eigenvalue weighted by Gasteiger charge is 2.13. The van der Waals surface area contributed by atoms with Crippen molar-refractivity contribution in [2.24, 2.45) is 0 Å². The predicted molar refractivity (Wildman–Crippen MR) is 73.3 cm³/mol. The molecule has 0 bridgehead atoms. The van der Waals surface area contributed by atoms with E-state index in [1.807, 2.05) is 0 Å². The van der Waals surface area contributed by atoms with Gasteiger partial charge in [0.2, 0.25) is 0 Å². The fourth-order valence-corrected chi connectivity index (χ4v) is 1.81. The van der Waals surface area contributed by atoms with Gasteiger partial charge < -0.3 is 10.6 Å². The van der Waals surface area contributed by atoms with E-state index in [0.717, 1.165) is 24.3 Å². The van der Waals surface area contributed by atoms with Gasteiger partial charge in [0.1, 0.15) is 11.6 Å². The molecule has 7 heteroatoms. The molecule has 0 aromatic heterocycles. The van der Waals surface area contributed by atoms with Gasteiger partial charge in [0.15, 0.2) is 11.6 Å². The summed E-state index contributed by atoms with van der Waals surface area (Å²) in [7, 11) is 0. The van der Waals surface area contributed by atoms with Crippen LogP contribution >= 0.6 is 0 Å². The lowest BCUT2D eigenvalue weighted by molar-refractivity contribution is 0.249. The van der Waals surface area contributed by atoms with Crippen molar-refractivity contribution in [3.63, 3.8) is 0 Å². The first-order chi connectivity index (χ1) is 10.4. The molecule has 22 heavy (non-hydrogen) atoms. The Morgan fingerprint density at radius 2 is 1.68 bits per heavy atom. The van der Waals surface area contributed by atoms with Crippen LogP contribution in [0, 0.1) is 23.3 Å². The summed E-state index contributed by atoms with van der Waals surface area (Å²) in [5.74, 6) is -3.71. The molecule has 0 spiro atoms. The number of hydrogen-bond acceptors (Lipinski definition) is 1. The van der Waals surface area contributed by atoms with Crippen LogP contribution in [0.2, 0.25) is 0 Å². The molecule has 1 atom stereocenters. The zero-order valence-electron chi connectivity index (χ0n) is 11.5. The van der Waals surface area contributed by atoms with Crippen molar-refractivity contribution in [3.8, 4) is 0 Å². The minimum atomic E-state index is -1.03. The highest BCUT2D eigenvalue weighted by atomic mass is 19.2. The molecule has 2 amide bonds. The van der Waals surface area contributed by atoms with Gasteiger partial charge in [0.05, 0.1) is 11.7 Å². The van der Waals surface area contributed by atoms with Crippen molar-refractivity contribution in [1.29, 1.82) is 0 Å². The van der Waals surface area contributed by atoms with E-state index in [1.54, 1.807) is 6.92 Å². The average Bonchev–Trinajstić information content (AvgIpc) is 2.45. The molecule has 0 saturated carbocycles. The smallest absolute Gasteiger partial charge is 0.319 e. The van der Waals surface area contributed by atoms with Crippen LogP contribution in [0.4, 0.5) is 28.0 Å². The Morgan fingerprint density at radius 3 is 2.32 bits per heavy atom. The first kappa shape index (κ1) is 15.8. The summed E-state index contributed by atoms with van der Waals surface area (Å²) in [6.07, 6.45) is 0. The number of nitrogens with one attached hydrogen (secondary N) is 2. The van der Waals surface area contributed by atoms with Gasteiger partial charge in [-0.3, -0.25) is 0 Å². The van der Waals surface area contributed by atoms with E-state index in [1.165, 1.54) is 6.07 Å². The molecule has 2 rings (SSSR count). The molecule has 2 aromatic carbocycles. The highest BCUT2D eigenvalue weighted by molar-refractivity contribution is 5.89. The Morgan fingerprint density at radius 1 is 0.955 bits per heavy atom. The minimum Gasteiger partial charge on any atom is -0.331 e. The fraction of sp³-hybridized carbons (Fsp3) is 0.133. The largest absolute Gasteiger partial charge is 0.331 e. The van der Waals surface area contributed by atoms with Gasteiger partial charge in [0.25, 0.3) is 0 Å². The number of halogens is 4. The SMILES string of the molecule is CC(NC(=O)Nc1ccc(F)cc1F)c1ccc(F)c(F)c1. The zero-order valence-corrected chi connectivity index (χ0v) is 11.5. The number of carbonyl (C=O) groups excluding carboxylic acids is 1. The minimum absolute atomic E-state index is 0.198. The number of benzene rings is 2. The molecule has 3 nitrogen and oxygen atoms in total. The topological polar surface area (TPSA) is 41.1 Å². The standard InChI is InChI=1S/C15H12F4N2O/c1-8(9-2-4-11(17)12(18)6-9)20-15(22)21-14-5-3-10(16)7-13(14)19/h2-8H,1H3,(H2,20,21,22). The summed E-state index contributed by atoms with van der Waals surface area (Å²) in [5.41, 5.74) is 0.144. The van der Waals surface area contributed by atoms with Crippen LogP contribution in [0.15, 0.2) is 36.4 Å². The second kappa shape index (κ2) is 6.46. The zero-order chi connectivity index (χ0) is 16.3. The summed E-state index contributed by atoms with van der Waals surface area (Å²) >= 11 is 0. The fourth-order valence-electron chi connectivity index (χ4n) is 1.81. The van der Waals surface area contributed by atoms with Crippen LogP contribution in [0.1, 0.15) is 18.5 Å². The quantitative estimate of drug-likeness (QED) is 0.822. The van der Waals surface area contributed by atoms with Crippen molar-refractivity contribution in [2.45, 2.75) is 13.0 Å². The molecule has 0 saturated heterocycles. The third kappa shape index (κ3) is 3.75. The Hall–Kier alpha value is -2.57. The lowest BCUT2D eigenvalue weighted by Crippen LogP contribution is -2.31. The molecule has 0 heterocycles. The Bertz CT molecular complexity index is 706. The number of rotatable bonds is 3. The van der Waals surface area contributed by atoms with Gasteiger partial charge in [-0.15, -0.1) is 0 Å². The molecule has 116 valence electrons. The van der Waals surface area contributed by atoms with Crippen molar-refractivity contribution in [2.75, 3.05) is 5.32 Å². The molecule has 2 N–H and O–H groups in total. The maximum atomic E-state index is 13.4. The third-order valence-electron chi connectivity index (χ3n) is 2.97. The third-order valence-corrected chi connectivity index (χ3v) is 2.97. The van der Waals surface area contributed by atoms with Crippen LogP contribution < -0.4 is 10.6 Å². The molecular weight excluding hydrogens is 300 g/mol. The maximum Gasteiger partial charge on any atom is 0.319 e. The molecule has 0 aliphatic heterocycles. The van der Waals surface area contributed by atoms with E-state index in [-0.39, 0.29) is 5.69 Å². The van der Waals surface area contributed by atoms with E-state index >= 15 is 0 Å². The van der Waals surface area contributed by atoms with Gasteiger partial charge in [-0.05, 0) is 36.8 Å². The number of hydrogen-bond donors (Lipinski definition) is 2. The van der Waals surface area contributed by atoms with Crippen molar-refractivity contribution in [3.05, 3.63) is 65.2 Å². The maximum absolute atomic E-state index is 13.4. The molecule has 0 aliphatic carbocycles. The summed E-state index contributed by atoms with van der Waals surface area (Å²) < 4.78 is 52.1. The van der Waals surface area contributed by atoms with Gasteiger partial charge in [-0.25, -0.2) is 22.4 Å². The Labute approximate surface area is 124 Å². The molecule has 1 unspecified atom stereocenters. The van der Waals surface area contributed by atoms with E-state index in [4.69, 9.17) is 0 Å². The van der Waals surface area contributed by atoms with Gasteiger partial charge in [0, 0.05) is 6.07 Å². The van der Waals surface area contributed by atoms with Crippen LogP contribution in [0.5, 0.6) is 0 Å². The van der Waals surface area contributed by atoms with Crippen molar-refractivity contribution < 1.29 is 22.4 Å². The van der Waals surface area contributed by atoms with Crippen LogP contribution in [0.3, 0.4) is 0 Å². The summed E-state index contributed by atoms with van der Waals surface area (Å²) in [6.45, 7) is 1.55. The molecule has 0 radical (unpaired) electrons. The monoisotopic (exact) mass is 312 g/mol. The van der Waals surface area contributed by atoms with Crippen LogP contribution in [0.25, 0.3) is 0 Å². The molecule has 2 aromatic rings. The van der Waals surface area contributed by atoms with Gasteiger partial charge >= 0.3 is 6.03 Å². The van der Waals surface area contributed by atoms with E-state index in [9.17, 15) is 22.4 Å². The second-order valence-electron chi connectivity index (χ2n) is 4.62. The summed E-state index contributed by atoms with van der Waals surface area (Å²) in [5, 5.41) is 4.64. The van der Waals surface area contributed by atoms with Crippen LogP contribution in [-0.2, 0) is 0 Å². The number of anilines is 1. The van der Waals surface area contributed by atoms with E-state index in [2.05, 4.69) is 10.6 Å². The van der Waals surface area contributed by atoms with E-state index in [0.29, 0.717) is 11.6 Å². The molecule has 0 fully saturated rings. The highest BCUT2D eigenvalue weighted by Crippen LogP contribution is 2.17. The van der Waals surface area contributed by atoms with Crippen LogP contribution in [-0.4, -0.2) is 6.03 Å². The Kier molecular flexibility index (Phi) is 4.65. The first-order valence-corrected chi connectivity index (χ1v) is 6.34. The first-order valence-electron chi connectivity index (χ1n) is 6.34. The second-order valence-corrected chi connectivity index (χ2v) is 4.62. The number of amides is 2. The number of carbonyl (C=O) groups is 1. The lowest BCUT2D eigenvalue weighted by atomic mass is 10.1. The molecule has 0 aliphatic rings. The predicted octanol–water partition coefficient (Wildman–Crippen LogP) is 4.13. The molecular formula is C15H12F4N2O. The van der Waals surface area contributed by atoms with Gasteiger partial charge in [-0.2, -0.15) is 0 Å². The number of urea groups is 1. The summed E-state index contributed by atoms with van der Waals surface area (Å²) in [4.78, 5) is 11.7. The van der Waals surface area contributed by atoms with Gasteiger partial charge in [-0.1, -0.05) is 6.07 Å². The lowest BCUT2D eigenvalue weighted by Gasteiger charge is -2.15. The average molecular weight is 312 g/mol. The van der Waals surface area contributed by atoms with Crippen molar-refractivity contribution in [1.82, 2.24) is 5.32 Å². The summed E-state index contributed by atoms with van der Waals surface area (Å²) in [6, 6.07) is 4.53. The Balaban J connectivity index is 2.03. The van der Waals surface area contributed by atoms with E-state index < -0.39 is 35.3 Å². The normalized spacial score (nSPS) is 11.9. The van der Waals surface area contributed by atoms with Crippen molar-refractivity contribution >= 4 is 11.7 Å².